The molecule has 3 unspecified atom stereocenters. The van der Waals surface area contributed by atoms with Crippen LogP contribution in [-0.4, -0.2) is 122 Å². The zero-order valence-corrected chi connectivity index (χ0v) is 30.8. The highest BCUT2D eigenvalue weighted by molar-refractivity contribution is 6.23. The van der Waals surface area contributed by atoms with E-state index in [1.54, 1.807) is 16.8 Å². The second-order valence-electron chi connectivity index (χ2n) is 15.4. The highest BCUT2D eigenvalue weighted by Crippen LogP contribution is 2.38. The van der Waals surface area contributed by atoms with Gasteiger partial charge in [-0.3, -0.25) is 39.2 Å². The smallest absolute Gasteiger partial charge is 0.262 e. The Morgan fingerprint density at radius 1 is 0.789 bits per heavy atom. The van der Waals surface area contributed by atoms with E-state index in [1.165, 1.54) is 6.33 Å². The maximum Gasteiger partial charge on any atom is 0.262 e. The molecule has 0 bridgehead atoms. The second kappa shape index (κ2) is 13.7. The standard InChI is InChI=1S/C41H39FN10O5/c42-31-21-48(15-14-32(31)52-38-35(37(43)44-22-45-38)36(47-52)23-6-9-28(10-7-23)57-27-4-2-1-3-5-27)25-17-50(18-25)26-19-49(20-26)24-8-11-29-30(16-24)41(56)51(40(29)55)33-12-13-34(53)46-39(33)54/h1-11,16,22,25-26,31-33H,12-15,17-21H2,(H2,43,44,45)(H,46,53,54). The molecule has 3 aromatic carbocycles. The summed E-state index contributed by atoms with van der Waals surface area (Å²) in [6, 6.07) is 21.4. The number of likely N-dealkylation sites (tertiary alicyclic amines) is 2. The van der Waals surface area contributed by atoms with Crippen LogP contribution in [0.1, 0.15) is 46.0 Å². The minimum atomic E-state index is -1.17. The molecular formula is C41H39FN10O5. The zero-order chi connectivity index (χ0) is 38.9. The van der Waals surface area contributed by atoms with Gasteiger partial charge in [-0.05, 0) is 67.4 Å². The number of para-hydroxylation sites is 1. The third-order valence-electron chi connectivity index (χ3n) is 12.1. The topological polar surface area (TPSA) is 172 Å². The maximum atomic E-state index is 16.2. The number of fused-ring (bicyclic) bond motifs is 2. The average molecular weight is 771 g/mol. The van der Waals surface area contributed by atoms with E-state index in [1.807, 2.05) is 60.7 Å². The predicted octanol–water partition coefficient (Wildman–Crippen LogP) is 3.43. The van der Waals surface area contributed by atoms with Crippen molar-refractivity contribution in [3.63, 3.8) is 0 Å². The number of hydrogen-bond donors (Lipinski definition) is 2. The number of alkyl halides is 1. The number of aromatic nitrogens is 4. The van der Waals surface area contributed by atoms with Crippen LogP contribution >= 0.6 is 0 Å². The monoisotopic (exact) mass is 770 g/mol. The Balaban J connectivity index is 0.753. The van der Waals surface area contributed by atoms with E-state index in [-0.39, 0.29) is 30.0 Å². The summed E-state index contributed by atoms with van der Waals surface area (Å²) < 4.78 is 23.9. The van der Waals surface area contributed by atoms with Crippen molar-refractivity contribution in [2.45, 2.75) is 49.6 Å². The van der Waals surface area contributed by atoms with E-state index in [2.05, 4.69) is 30.0 Å². The molecule has 0 saturated carbocycles. The molecule has 0 spiro atoms. The summed E-state index contributed by atoms with van der Waals surface area (Å²) in [5, 5.41) is 7.74. The molecule has 5 aliphatic heterocycles. The number of nitrogen functional groups attached to an aromatic ring is 1. The number of anilines is 2. The van der Waals surface area contributed by atoms with Gasteiger partial charge in [-0.1, -0.05) is 18.2 Å². The number of amides is 4. The van der Waals surface area contributed by atoms with E-state index in [0.29, 0.717) is 47.3 Å². The summed E-state index contributed by atoms with van der Waals surface area (Å²) in [5.74, 6) is -0.353. The molecule has 5 aromatic rings. The van der Waals surface area contributed by atoms with Crippen LogP contribution in [0.25, 0.3) is 22.3 Å². The molecule has 15 nitrogen and oxygen atoms in total. The van der Waals surface area contributed by atoms with Crippen molar-refractivity contribution < 1.29 is 28.3 Å². The van der Waals surface area contributed by atoms with Gasteiger partial charge < -0.3 is 15.4 Å². The molecule has 10 rings (SSSR count). The number of hydrogen-bond acceptors (Lipinski definition) is 12. The number of ether oxygens (including phenoxy) is 1. The van der Waals surface area contributed by atoms with Crippen LogP contribution < -0.4 is 20.7 Å². The lowest BCUT2D eigenvalue weighted by atomic mass is 9.94. The number of carbonyl (C=O) groups is 4. The molecule has 16 heteroatoms. The molecular weight excluding hydrogens is 732 g/mol. The van der Waals surface area contributed by atoms with Crippen LogP contribution in [-0.2, 0) is 9.59 Å². The van der Waals surface area contributed by atoms with Gasteiger partial charge in [0, 0.05) is 69.0 Å². The van der Waals surface area contributed by atoms with Gasteiger partial charge in [-0.15, -0.1) is 0 Å². The molecule has 57 heavy (non-hydrogen) atoms. The van der Waals surface area contributed by atoms with Gasteiger partial charge in [-0.25, -0.2) is 19.0 Å². The molecule has 4 saturated heterocycles. The minimum absolute atomic E-state index is 0.0763. The summed E-state index contributed by atoms with van der Waals surface area (Å²) >= 11 is 0. The van der Waals surface area contributed by atoms with Gasteiger partial charge in [0.25, 0.3) is 11.8 Å². The minimum Gasteiger partial charge on any atom is -0.457 e. The van der Waals surface area contributed by atoms with Crippen molar-refractivity contribution in [2.75, 3.05) is 49.9 Å². The van der Waals surface area contributed by atoms with Crippen LogP contribution in [0.3, 0.4) is 0 Å². The van der Waals surface area contributed by atoms with Crippen LogP contribution in [0.2, 0.25) is 0 Å². The fraction of sp³-hybridized carbons (Fsp3) is 0.341. The fourth-order valence-corrected chi connectivity index (χ4v) is 8.83. The largest absolute Gasteiger partial charge is 0.457 e. The molecule has 2 aromatic heterocycles. The zero-order valence-electron chi connectivity index (χ0n) is 30.8. The number of piperidine rings is 2. The van der Waals surface area contributed by atoms with Gasteiger partial charge in [-0.2, -0.15) is 5.10 Å². The molecule has 3 atom stereocenters. The summed E-state index contributed by atoms with van der Waals surface area (Å²) in [6.07, 6.45) is 0.993. The normalized spacial score (nSPS) is 23.4. The Hall–Kier alpha value is -6.26. The number of carbonyl (C=O) groups excluding carboxylic acids is 4. The molecule has 4 amide bonds. The summed E-state index contributed by atoms with van der Waals surface area (Å²) in [7, 11) is 0. The lowest BCUT2D eigenvalue weighted by Crippen LogP contribution is -2.70. The van der Waals surface area contributed by atoms with Crippen LogP contribution in [0.5, 0.6) is 11.5 Å². The number of halogens is 1. The molecule has 3 N–H and O–H groups in total. The lowest BCUT2D eigenvalue weighted by Gasteiger charge is -2.55. The third-order valence-corrected chi connectivity index (χ3v) is 12.1. The highest BCUT2D eigenvalue weighted by Gasteiger charge is 2.47. The Morgan fingerprint density at radius 2 is 1.53 bits per heavy atom. The molecule has 4 fully saturated rings. The van der Waals surface area contributed by atoms with Gasteiger partial charge >= 0.3 is 0 Å². The third kappa shape index (κ3) is 6.06. The summed E-state index contributed by atoms with van der Waals surface area (Å²) in [4.78, 5) is 67.0. The molecule has 0 aliphatic carbocycles. The SMILES string of the molecule is Nc1ncnc2c1c(-c1ccc(Oc3ccccc3)cc1)nn2C1CCN(C2CN(C3CN(c4ccc5c(c4)C(=O)N(C4CCC(=O)NC4=O)C5=O)C3)C2)CC1F. The Bertz CT molecular complexity index is 2430. The van der Waals surface area contributed by atoms with E-state index in [0.717, 1.165) is 54.6 Å². The second-order valence-corrected chi connectivity index (χ2v) is 15.4. The quantitative estimate of drug-likeness (QED) is 0.221. The van der Waals surface area contributed by atoms with Gasteiger partial charge in [0.05, 0.1) is 22.6 Å². The Labute approximate surface area is 326 Å². The first-order chi connectivity index (χ1) is 27.7. The van der Waals surface area contributed by atoms with Gasteiger partial charge in [0.15, 0.2) is 5.65 Å². The summed E-state index contributed by atoms with van der Waals surface area (Å²) in [5.41, 5.74) is 9.66. The average Bonchev–Trinajstić information content (AvgIpc) is 3.68. The predicted molar refractivity (Wildman–Crippen MR) is 206 cm³/mol. The molecule has 5 aliphatic rings. The fourth-order valence-electron chi connectivity index (χ4n) is 8.83. The Kier molecular flexibility index (Phi) is 8.48. The van der Waals surface area contributed by atoms with Crippen molar-refractivity contribution in [1.82, 2.24) is 39.8 Å². The molecule has 7 heterocycles. The number of imide groups is 2. The molecule has 290 valence electrons. The highest BCUT2D eigenvalue weighted by atomic mass is 19.1. The number of rotatable bonds is 8. The Morgan fingerprint density at radius 3 is 2.28 bits per heavy atom. The van der Waals surface area contributed by atoms with Crippen LogP contribution in [0.15, 0.2) is 79.1 Å². The van der Waals surface area contributed by atoms with E-state index in [4.69, 9.17) is 15.6 Å². The number of nitrogens with one attached hydrogen (secondary N) is 1. The maximum absolute atomic E-state index is 16.2. The van der Waals surface area contributed by atoms with Crippen molar-refractivity contribution in [3.8, 4) is 22.8 Å². The number of nitrogens with zero attached hydrogens (tertiary/aromatic N) is 8. The first-order valence-electron chi connectivity index (χ1n) is 19.2. The van der Waals surface area contributed by atoms with Crippen molar-refractivity contribution in [3.05, 3.63) is 90.3 Å². The van der Waals surface area contributed by atoms with Gasteiger partial charge in [0.1, 0.15) is 41.6 Å². The van der Waals surface area contributed by atoms with Crippen molar-refractivity contribution >= 4 is 46.2 Å². The number of benzene rings is 3. The summed E-state index contributed by atoms with van der Waals surface area (Å²) in [6.45, 7) is 4.23. The van der Waals surface area contributed by atoms with Gasteiger partial charge in [0.2, 0.25) is 11.8 Å². The number of nitrogens with two attached hydrogens (primary N) is 1. The molecule has 0 radical (unpaired) electrons. The first-order valence-corrected chi connectivity index (χ1v) is 19.2. The van der Waals surface area contributed by atoms with E-state index >= 15 is 4.39 Å². The van der Waals surface area contributed by atoms with Crippen LogP contribution in [0.4, 0.5) is 15.9 Å². The first kappa shape index (κ1) is 35.2. The van der Waals surface area contributed by atoms with Crippen molar-refractivity contribution in [2.24, 2.45) is 0 Å². The van der Waals surface area contributed by atoms with Crippen molar-refractivity contribution in [1.29, 1.82) is 0 Å². The lowest BCUT2D eigenvalue weighted by molar-refractivity contribution is -0.136. The van der Waals surface area contributed by atoms with Crippen LogP contribution in [0, 0.1) is 0 Å². The van der Waals surface area contributed by atoms with E-state index < -0.39 is 41.9 Å². The van der Waals surface area contributed by atoms with E-state index in [9.17, 15) is 19.2 Å².